The summed E-state index contributed by atoms with van der Waals surface area (Å²) in [4.78, 5) is 24.8. The normalized spacial score (nSPS) is 44.4. The monoisotopic (exact) mass is 462 g/mol. The number of hydrogen-bond acceptors (Lipinski definition) is 4. The molecule has 0 bridgehead atoms. The van der Waals surface area contributed by atoms with Crippen LogP contribution in [0.1, 0.15) is 92.9 Å². The fraction of sp³-hybridized carbons (Fsp3) is 0.926. The van der Waals surface area contributed by atoms with E-state index < -0.39 is 8.32 Å². The second kappa shape index (κ2) is 7.93. The molecule has 0 radical (unpaired) electrons. The van der Waals surface area contributed by atoms with E-state index in [2.05, 4.69) is 47.7 Å². The first-order valence-electron chi connectivity index (χ1n) is 13.1. The van der Waals surface area contributed by atoms with Crippen molar-refractivity contribution in [1.82, 2.24) is 0 Å². The van der Waals surface area contributed by atoms with Crippen LogP contribution in [0, 0.1) is 34.5 Å². The van der Waals surface area contributed by atoms with Crippen molar-refractivity contribution < 1.29 is 18.8 Å². The number of hydrogen-bond donors (Lipinski definition) is 0. The number of esters is 1. The molecule has 4 saturated carbocycles. The Hall–Kier alpha value is -0.683. The number of carbonyl (C=O) groups excluding carboxylic acids is 2. The van der Waals surface area contributed by atoms with Gasteiger partial charge < -0.3 is 9.16 Å². The first-order valence-corrected chi connectivity index (χ1v) is 16.0. The molecule has 182 valence electrons. The third-order valence-corrected chi connectivity index (χ3v) is 15.4. The van der Waals surface area contributed by atoms with E-state index >= 15 is 0 Å². The molecule has 4 aliphatic rings. The average molecular weight is 463 g/mol. The van der Waals surface area contributed by atoms with E-state index in [1.54, 1.807) is 0 Å². The van der Waals surface area contributed by atoms with Gasteiger partial charge >= 0.3 is 5.97 Å². The fourth-order valence-corrected chi connectivity index (χ4v) is 9.38. The summed E-state index contributed by atoms with van der Waals surface area (Å²) >= 11 is 0. The number of rotatable bonds is 3. The van der Waals surface area contributed by atoms with E-state index in [0.29, 0.717) is 29.5 Å². The predicted octanol–water partition coefficient (Wildman–Crippen LogP) is 6.53. The maximum absolute atomic E-state index is 12.7. The maximum atomic E-state index is 12.7. The van der Waals surface area contributed by atoms with Gasteiger partial charge in [-0.15, -0.1) is 0 Å². The van der Waals surface area contributed by atoms with Crippen LogP contribution < -0.4 is 0 Å². The Kier molecular flexibility index (Phi) is 6.06. The van der Waals surface area contributed by atoms with Gasteiger partial charge in [0.05, 0.1) is 6.10 Å². The number of ketones is 1. The Morgan fingerprint density at radius 2 is 1.72 bits per heavy atom. The molecule has 0 spiro atoms. The van der Waals surface area contributed by atoms with Crippen LogP contribution in [0.4, 0.5) is 0 Å². The van der Waals surface area contributed by atoms with Crippen LogP contribution in [0.3, 0.4) is 0 Å². The molecule has 0 aromatic heterocycles. The van der Waals surface area contributed by atoms with Crippen LogP contribution in [-0.4, -0.2) is 32.3 Å². The molecule has 4 rings (SSSR count). The summed E-state index contributed by atoms with van der Waals surface area (Å²) < 4.78 is 12.9. The fourth-order valence-electron chi connectivity index (χ4n) is 8.02. The van der Waals surface area contributed by atoms with Gasteiger partial charge in [0.25, 0.3) is 0 Å². The molecule has 8 atom stereocenters. The molecule has 0 aromatic rings. The van der Waals surface area contributed by atoms with Crippen molar-refractivity contribution in [2.24, 2.45) is 34.5 Å². The lowest BCUT2D eigenvalue weighted by molar-refractivity contribution is -0.180. The minimum atomic E-state index is -1.96. The van der Waals surface area contributed by atoms with E-state index in [9.17, 15) is 9.59 Å². The zero-order valence-electron chi connectivity index (χ0n) is 21.8. The third kappa shape index (κ3) is 3.83. The van der Waals surface area contributed by atoms with Crippen molar-refractivity contribution in [2.45, 2.75) is 123 Å². The highest BCUT2D eigenvalue weighted by Crippen LogP contribution is 2.66. The minimum Gasteiger partial charge on any atom is -0.460 e. The SMILES string of the molecule is CC(=O)O[C@H]1C[C@@]2(C)[C@@H](CC[C@@H]3[C@@H]2CC[C@]2(C)C(=O)CC[C@@H]32)CC1O[Si](C)(C)C(C)(C)C. The lowest BCUT2D eigenvalue weighted by atomic mass is 9.45. The van der Waals surface area contributed by atoms with E-state index in [4.69, 9.17) is 9.16 Å². The van der Waals surface area contributed by atoms with Crippen molar-refractivity contribution in [3.8, 4) is 0 Å². The summed E-state index contributed by atoms with van der Waals surface area (Å²) in [5, 5.41) is 0.134. The highest BCUT2D eigenvalue weighted by Gasteiger charge is 2.62. The lowest BCUT2D eigenvalue weighted by Gasteiger charge is -2.61. The van der Waals surface area contributed by atoms with Crippen LogP contribution in [-0.2, 0) is 18.8 Å². The van der Waals surface area contributed by atoms with Gasteiger partial charge in [0.1, 0.15) is 11.9 Å². The van der Waals surface area contributed by atoms with Gasteiger partial charge in [-0.05, 0) is 92.2 Å². The zero-order valence-corrected chi connectivity index (χ0v) is 22.8. The molecule has 4 aliphatic carbocycles. The van der Waals surface area contributed by atoms with Crippen LogP contribution in [0.2, 0.25) is 18.1 Å². The molecule has 5 heteroatoms. The molecule has 1 unspecified atom stereocenters. The molecule has 0 heterocycles. The van der Waals surface area contributed by atoms with Crippen molar-refractivity contribution in [1.29, 1.82) is 0 Å². The summed E-state index contributed by atoms with van der Waals surface area (Å²) in [6, 6.07) is 0. The quantitative estimate of drug-likeness (QED) is 0.353. The maximum Gasteiger partial charge on any atom is 0.302 e. The summed E-state index contributed by atoms with van der Waals surface area (Å²) in [5.74, 6) is 2.78. The molecule has 4 fully saturated rings. The van der Waals surface area contributed by atoms with Crippen molar-refractivity contribution >= 4 is 20.1 Å². The first kappa shape index (κ1) is 24.4. The van der Waals surface area contributed by atoms with E-state index in [0.717, 1.165) is 38.5 Å². The molecule has 0 aliphatic heterocycles. The number of Topliss-reactive ketones (excluding diaryl/α,β-unsaturated/α-hetero) is 1. The Bertz CT molecular complexity index is 770. The summed E-state index contributed by atoms with van der Waals surface area (Å²) in [5.41, 5.74) is 0.0889. The van der Waals surface area contributed by atoms with E-state index in [1.807, 2.05) is 0 Å². The van der Waals surface area contributed by atoms with Crippen LogP contribution >= 0.6 is 0 Å². The zero-order chi connectivity index (χ0) is 23.7. The summed E-state index contributed by atoms with van der Waals surface area (Å²) in [6.45, 7) is 17.7. The largest absolute Gasteiger partial charge is 0.460 e. The lowest BCUT2D eigenvalue weighted by Crippen LogP contribution is -2.59. The third-order valence-electron chi connectivity index (χ3n) is 10.9. The Balaban J connectivity index is 1.60. The van der Waals surface area contributed by atoms with Gasteiger partial charge in [-0.3, -0.25) is 9.59 Å². The van der Waals surface area contributed by atoms with E-state index in [-0.39, 0.29) is 34.0 Å². The van der Waals surface area contributed by atoms with Gasteiger partial charge in [0.2, 0.25) is 0 Å². The van der Waals surface area contributed by atoms with Gasteiger partial charge in [-0.25, -0.2) is 0 Å². The molecule has 32 heavy (non-hydrogen) atoms. The van der Waals surface area contributed by atoms with Crippen molar-refractivity contribution in [3.05, 3.63) is 0 Å². The molecule has 0 saturated heterocycles. The Labute approximate surface area is 196 Å². The van der Waals surface area contributed by atoms with Crippen molar-refractivity contribution in [3.63, 3.8) is 0 Å². The summed E-state index contributed by atoms with van der Waals surface area (Å²) in [6.07, 6.45) is 8.31. The standard InChI is InChI=1S/C27H46O4Si/c1-17(28)30-23-16-27(6)18(15-22(23)31-32(7,8)25(2,3)4)9-10-19-20-11-12-24(29)26(20,5)14-13-21(19)27/h18-23H,9-16H2,1-8H3/t18-,19-,20-,21-,22?,23-,26-,27-/m0/s1. The van der Waals surface area contributed by atoms with E-state index in [1.165, 1.54) is 19.8 Å². The average Bonchev–Trinajstić information content (AvgIpc) is 2.96. The number of ether oxygens (including phenoxy) is 1. The second-order valence-electron chi connectivity index (χ2n) is 13.6. The molecular formula is C27H46O4Si. The van der Waals surface area contributed by atoms with Crippen LogP contribution in [0.5, 0.6) is 0 Å². The van der Waals surface area contributed by atoms with Gasteiger partial charge in [0.15, 0.2) is 8.32 Å². The molecule has 4 nitrogen and oxygen atoms in total. The first-order chi connectivity index (χ1) is 14.7. The second-order valence-corrected chi connectivity index (χ2v) is 18.3. The number of fused-ring (bicyclic) bond motifs is 5. The molecule has 0 amide bonds. The Morgan fingerprint density at radius 1 is 1.03 bits per heavy atom. The van der Waals surface area contributed by atoms with Crippen LogP contribution in [0.25, 0.3) is 0 Å². The smallest absolute Gasteiger partial charge is 0.302 e. The predicted molar refractivity (Wildman–Crippen MR) is 130 cm³/mol. The minimum absolute atomic E-state index is 0.0105. The highest BCUT2D eigenvalue weighted by molar-refractivity contribution is 6.74. The topological polar surface area (TPSA) is 52.6 Å². The number of carbonyl (C=O) groups is 2. The highest BCUT2D eigenvalue weighted by atomic mass is 28.4. The van der Waals surface area contributed by atoms with Gasteiger partial charge in [-0.2, -0.15) is 0 Å². The van der Waals surface area contributed by atoms with Gasteiger partial charge in [-0.1, -0.05) is 34.6 Å². The van der Waals surface area contributed by atoms with Crippen molar-refractivity contribution in [2.75, 3.05) is 0 Å². The summed E-state index contributed by atoms with van der Waals surface area (Å²) in [7, 11) is -1.96. The molecule has 0 N–H and O–H groups in total. The Morgan fingerprint density at radius 3 is 2.34 bits per heavy atom. The van der Waals surface area contributed by atoms with Crippen LogP contribution in [0.15, 0.2) is 0 Å². The molecule has 0 aromatic carbocycles. The van der Waals surface area contributed by atoms with Gasteiger partial charge in [0, 0.05) is 18.8 Å². The molecular weight excluding hydrogens is 416 g/mol.